The van der Waals surface area contributed by atoms with E-state index in [-0.39, 0.29) is 0 Å². The van der Waals surface area contributed by atoms with E-state index in [0.29, 0.717) is 13.1 Å². The summed E-state index contributed by atoms with van der Waals surface area (Å²) in [5.74, 6) is 0. The summed E-state index contributed by atoms with van der Waals surface area (Å²) in [7, 11) is 0. The van der Waals surface area contributed by atoms with Gasteiger partial charge in [0, 0.05) is 18.1 Å². The van der Waals surface area contributed by atoms with Crippen molar-refractivity contribution in [1.82, 2.24) is 0 Å². The maximum absolute atomic E-state index is 5.91. The number of hydrogen-bond acceptors (Lipinski definition) is 2. The molecular weight excluding hydrogens is 376 g/mol. The van der Waals surface area contributed by atoms with Crippen LogP contribution in [0.2, 0.25) is 5.02 Å². The minimum absolute atomic E-state index is 0.514. The topological polar surface area (TPSA) is 52.0 Å². The van der Waals surface area contributed by atoms with E-state index in [1.807, 2.05) is 31.2 Å². The number of nitrogens with two attached hydrogens (primary N) is 2. The van der Waals surface area contributed by atoms with Gasteiger partial charge in [-0.2, -0.15) is 0 Å². The lowest BCUT2D eigenvalue weighted by Gasteiger charge is -2.04. The van der Waals surface area contributed by atoms with Gasteiger partial charge in [0.2, 0.25) is 0 Å². The molecule has 0 atom stereocenters. The van der Waals surface area contributed by atoms with Gasteiger partial charge in [0.15, 0.2) is 0 Å². The molecule has 3 heteroatoms. The van der Waals surface area contributed by atoms with Crippen molar-refractivity contribution in [3.8, 4) is 0 Å². The lowest BCUT2D eigenvalue weighted by Crippen LogP contribution is -1.99. The number of aryl methyl sites for hydroxylation is 4. The van der Waals surface area contributed by atoms with Gasteiger partial charge in [-0.25, -0.2) is 0 Å². The number of halogens is 1. The van der Waals surface area contributed by atoms with Gasteiger partial charge >= 0.3 is 0 Å². The van der Waals surface area contributed by atoms with Crippen molar-refractivity contribution in [3.05, 3.63) is 105 Å². The Morgan fingerprint density at radius 2 is 1.28 bits per heavy atom. The van der Waals surface area contributed by atoms with Crippen molar-refractivity contribution >= 4 is 11.6 Å². The van der Waals surface area contributed by atoms with E-state index in [4.69, 9.17) is 23.1 Å². The normalized spacial score (nSPS) is 9.79. The van der Waals surface area contributed by atoms with E-state index in [1.54, 1.807) is 0 Å². The van der Waals surface area contributed by atoms with Gasteiger partial charge in [0.25, 0.3) is 0 Å². The first-order chi connectivity index (χ1) is 13.8. The molecule has 0 amide bonds. The molecule has 29 heavy (non-hydrogen) atoms. The van der Waals surface area contributed by atoms with Crippen molar-refractivity contribution in [2.24, 2.45) is 11.5 Å². The zero-order valence-electron chi connectivity index (χ0n) is 18.4. The van der Waals surface area contributed by atoms with Crippen molar-refractivity contribution in [3.63, 3.8) is 0 Å². The molecule has 0 saturated heterocycles. The highest BCUT2D eigenvalue weighted by atomic mass is 35.5. The van der Waals surface area contributed by atoms with E-state index in [2.05, 4.69) is 64.1 Å². The monoisotopic (exact) mass is 410 g/mol. The third-order valence-corrected chi connectivity index (χ3v) is 5.46. The van der Waals surface area contributed by atoms with Crippen LogP contribution in [0.5, 0.6) is 0 Å². The van der Waals surface area contributed by atoms with Gasteiger partial charge in [0.05, 0.1) is 0 Å². The number of benzene rings is 3. The molecular formula is C26H35ClN2. The van der Waals surface area contributed by atoms with Gasteiger partial charge in [-0.05, 0) is 67.5 Å². The first-order valence-electron chi connectivity index (χ1n) is 10.1. The maximum atomic E-state index is 5.91. The Morgan fingerprint density at radius 1 is 0.724 bits per heavy atom. The number of hydrogen-bond donors (Lipinski definition) is 2. The third kappa shape index (κ3) is 8.41. The molecule has 3 rings (SSSR count). The Balaban J connectivity index is 0.000000218. The summed E-state index contributed by atoms with van der Waals surface area (Å²) in [4.78, 5) is 0. The average molecular weight is 411 g/mol. The summed E-state index contributed by atoms with van der Waals surface area (Å²) >= 11 is 5.91. The molecule has 3 aromatic carbocycles. The van der Waals surface area contributed by atoms with Crippen molar-refractivity contribution in [1.29, 1.82) is 0 Å². The van der Waals surface area contributed by atoms with Gasteiger partial charge in [-0.1, -0.05) is 84.8 Å². The molecule has 0 aromatic heterocycles. The van der Waals surface area contributed by atoms with Crippen LogP contribution in [-0.4, -0.2) is 0 Å². The van der Waals surface area contributed by atoms with Gasteiger partial charge in [-0.3, -0.25) is 0 Å². The number of rotatable bonds is 3. The second-order valence-corrected chi connectivity index (χ2v) is 7.54. The molecule has 0 heterocycles. The first-order valence-corrected chi connectivity index (χ1v) is 10.5. The Morgan fingerprint density at radius 3 is 1.72 bits per heavy atom. The predicted molar refractivity (Wildman–Crippen MR) is 128 cm³/mol. The summed E-state index contributed by atoms with van der Waals surface area (Å²) in [6.07, 6.45) is 1.14. The molecule has 0 saturated carbocycles. The third-order valence-electron chi connectivity index (χ3n) is 4.92. The van der Waals surface area contributed by atoms with Crippen LogP contribution in [0.15, 0.2) is 60.7 Å². The molecule has 156 valence electrons. The highest BCUT2D eigenvalue weighted by Gasteiger charge is 1.98. The summed E-state index contributed by atoms with van der Waals surface area (Å²) < 4.78 is 0. The molecule has 0 unspecified atom stereocenters. The molecule has 3 aromatic rings. The van der Waals surface area contributed by atoms with E-state index in [1.165, 1.54) is 27.8 Å². The van der Waals surface area contributed by atoms with Crippen LogP contribution in [0.1, 0.15) is 45.9 Å². The van der Waals surface area contributed by atoms with Crippen molar-refractivity contribution < 1.29 is 0 Å². The SMILES string of the molecule is CCc1cccc(C)c1.Cc1cccc(CN)c1C.Cc1cccc(CN)c1Cl. The van der Waals surface area contributed by atoms with Crippen LogP contribution in [0, 0.1) is 27.7 Å². The van der Waals surface area contributed by atoms with Gasteiger partial charge in [-0.15, -0.1) is 0 Å². The van der Waals surface area contributed by atoms with E-state index >= 15 is 0 Å². The molecule has 0 aliphatic heterocycles. The van der Waals surface area contributed by atoms with Crippen LogP contribution in [-0.2, 0) is 19.5 Å². The zero-order valence-corrected chi connectivity index (χ0v) is 19.2. The summed E-state index contributed by atoms with van der Waals surface area (Å²) in [6, 6.07) is 20.7. The minimum atomic E-state index is 0.514. The summed E-state index contributed by atoms with van der Waals surface area (Å²) in [5, 5.41) is 0.796. The van der Waals surface area contributed by atoms with E-state index in [0.717, 1.165) is 22.6 Å². The quantitative estimate of drug-likeness (QED) is 0.522. The Bertz CT molecular complexity index is 836. The molecule has 4 N–H and O–H groups in total. The largest absolute Gasteiger partial charge is 0.326 e. The summed E-state index contributed by atoms with van der Waals surface area (Å²) in [5.41, 5.74) is 19.7. The molecule has 0 aliphatic carbocycles. The van der Waals surface area contributed by atoms with Crippen LogP contribution >= 0.6 is 11.6 Å². The highest BCUT2D eigenvalue weighted by Crippen LogP contribution is 2.19. The molecule has 2 nitrogen and oxygen atoms in total. The molecule has 0 radical (unpaired) electrons. The van der Waals surface area contributed by atoms with E-state index < -0.39 is 0 Å². The molecule has 0 fully saturated rings. The average Bonchev–Trinajstić information content (AvgIpc) is 2.73. The Labute approximate surface area is 181 Å². The van der Waals surface area contributed by atoms with Crippen molar-refractivity contribution in [2.45, 2.75) is 54.1 Å². The Kier molecular flexibility index (Phi) is 11.3. The van der Waals surface area contributed by atoms with Crippen LogP contribution < -0.4 is 11.5 Å². The van der Waals surface area contributed by atoms with Gasteiger partial charge < -0.3 is 11.5 Å². The van der Waals surface area contributed by atoms with Crippen LogP contribution in [0.3, 0.4) is 0 Å². The predicted octanol–water partition coefficient (Wildman–Crippen LogP) is 6.43. The maximum Gasteiger partial charge on any atom is 0.0480 e. The fourth-order valence-corrected chi connectivity index (χ4v) is 3.03. The van der Waals surface area contributed by atoms with E-state index in [9.17, 15) is 0 Å². The highest BCUT2D eigenvalue weighted by molar-refractivity contribution is 6.32. The lowest BCUT2D eigenvalue weighted by molar-refractivity contribution is 1.04. The second-order valence-electron chi connectivity index (χ2n) is 7.16. The van der Waals surface area contributed by atoms with Crippen molar-refractivity contribution in [2.75, 3.05) is 0 Å². The molecule has 0 spiro atoms. The minimum Gasteiger partial charge on any atom is -0.326 e. The first kappa shape index (κ1) is 24.9. The van der Waals surface area contributed by atoms with Crippen LogP contribution in [0.25, 0.3) is 0 Å². The Hall–Kier alpha value is -2.13. The molecule has 0 aliphatic rings. The molecule has 0 bridgehead atoms. The van der Waals surface area contributed by atoms with Gasteiger partial charge in [0.1, 0.15) is 0 Å². The fourth-order valence-electron chi connectivity index (χ4n) is 2.83. The lowest BCUT2D eigenvalue weighted by atomic mass is 10.0. The smallest absolute Gasteiger partial charge is 0.0480 e. The van der Waals surface area contributed by atoms with Crippen LogP contribution in [0.4, 0.5) is 0 Å². The fraction of sp³-hybridized carbons (Fsp3) is 0.308. The summed E-state index contributed by atoms with van der Waals surface area (Å²) in [6.45, 7) is 11.6. The zero-order chi connectivity index (χ0) is 21.8. The standard InChI is InChI=1S/C9H13N.C9H12.C8H10ClN/c1-7-4-3-5-9(6-10)8(7)2;1-3-9-6-4-5-8(2)7-9;1-6-3-2-4-7(5-10)8(6)9/h3-5H,6,10H2,1-2H3;4-7H,3H2,1-2H3;2-4H,5,10H2,1H3. The second kappa shape index (κ2) is 13.2.